The van der Waals surface area contributed by atoms with Gasteiger partial charge in [0.2, 0.25) is 0 Å². The highest BCUT2D eigenvalue weighted by Gasteiger charge is 2.12. The maximum absolute atomic E-state index is 11.8. The number of pyridine rings is 1. The van der Waals surface area contributed by atoms with E-state index >= 15 is 0 Å². The fourth-order valence-electron chi connectivity index (χ4n) is 1.67. The van der Waals surface area contributed by atoms with Gasteiger partial charge in [-0.15, -0.1) is 0 Å². The molecule has 2 rings (SSSR count). The molecule has 0 amide bonds. The average Bonchev–Trinajstić information content (AvgIpc) is 2.48. The van der Waals surface area contributed by atoms with E-state index in [0.717, 1.165) is 0 Å². The van der Waals surface area contributed by atoms with Crippen molar-refractivity contribution in [3.8, 4) is 0 Å². The predicted molar refractivity (Wildman–Crippen MR) is 78.9 cm³/mol. The Kier molecular flexibility index (Phi) is 4.57. The molecule has 114 valence electrons. The molecule has 0 radical (unpaired) electrons. The summed E-state index contributed by atoms with van der Waals surface area (Å²) in [5.41, 5.74) is 0.0834. The van der Waals surface area contributed by atoms with Crippen LogP contribution in [-0.2, 0) is 18.4 Å². The molecule has 0 spiro atoms. The van der Waals surface area contributed by atoms with E-state index in [9.17, 15) is 19.7 Å². The van der Waals surface area contributed by atoms with Crippen molar-refractivity contribution in [2.75, 3.05) is 0 Å². The van der Waals surface area contributed by atoms with Crippen LogP contribution in [0, 0.1) is 10.1 Å². The van der Waals surface area contributed by atoms with Gasteiger partial charge in [-0.1, -0.05) is 11.6 Å². The average molecular weight is 323 g/mol. The summed E-state index contributed by atoms with van der Waals surface area (Å²) in [5.74, 6) is -0.674. The molecule has 0 aliphatic carbocycles. The van der Waals surface area contributed by atoms with Crippen molar-refractivity contribution in [3.05, 3.63) is 73.1 Å². The summed E-state index contributed by atoms with van der Waals surface area (Å²) >= 11 is 5.90. The lowest BCUT2D eigenvalue weighted by Crippen LogP contribution is -2.17. The number of nitro benzene ring substituents is 1. The Morgan fingerprint density at radius 1 is 1.36 bits per heavy atom. The molecule has 0 bridgehead atoms. The van der Waals surface area contributed by atoms with Crippen molar-refractivity contribution in [3.63, 3.8) is 0 Å². The minimum absolute atomic E-state index is 0.126. The van der Waals surface area contributed by atoms with Crippen molar-refractivity contribution >= 4 is 23.3 Å². The van der Waals surface area contributed by atoms with E-state index in [4.69, 9.17) is 16.3 Å². The topological polar surface area (TPSA) is 91.4 Å². The van der Waals surface area contributed by atoms with E-state index in [1.807, 2.05) is 0 Å². The maximum Gasteiger partial charge on any atom is 0.338 e. The highest BCUT2D eigenvalue weighted by molar-refractivity contribution is 6.31. The van der Waals surface area contributed by atoms with E-state index < -0.39 is 10.9 Å². The van der Waals surface area contributed by atoms with Gasteiger partial charge in [0.1, 0.15) is 6.61 Å². The van der Waals surface area contributed by atoms with E-state index in [1.165, 1.54) is 41.1 Å². The van der Waals surface area contributed by atoms with Gasteiger partial charge in [-0.2, -0.15) is 0 Å². The number of aryl methyl sites for hydroxylation is 1. The first-order valence-corrected chi connectivity index (χ1v) is 6.53. The number of benzene rings is 1. The quantitative estimate of drug-likeness (QED) is 0.489. The molecule has 0 aliphatic heterocycles. The molecular weight excluding hydrogens is 312 g/mol. The molecule has 0 unspecified atom stereocenters. The molecule has 0 atom stereocenters. The highest BCUT2D eigenvalue weighted by Crippen LogP contribution is 2.23. The van der Waals surface area contributed by atoms with Crippen molar-refractivity contribution in [1.29, 1.82) is 0 Å². The van der Waals surface area contributed by atoms with Crippen molar-refractivity contribution in [2.45, 2.75) is 6.61 Å². The van der Waals surface area contributed by atoms with Crippen LogP contribution in [0.5, 0.6) is 0 Å². The summed E-state index contributed by atoms with van der Waals surface area (Å²) in [7, 11) is 1.56. The molecule has 0 saturated heterocycles. The summed E-state index contributed by atoms with van der Waals surface area (Å²) in [6.07, 6.45) is 1.46. The number of halogens is 1. The Morgan fingerprint density at radius 2 is 2.09 bits per heavy atom. The third-order valence-corrected chi connectivity index (χ3v) is 3.30. The van der Waals surface area contributed by atoms with Crippen molar-refractivity contribution in [1.82, 2.24) is 4.57 Å². The zero-order chi connectivity index (χ0) is 16.3. The van der Waals surface area contributed by atoms with Gasteiger partial charge >= 0.3 is 5.97 Å². The largest absolute Gasteiger partial charge is 0.457 e. The van der Waals surface area contributed by atoms with Crippen LogP contribution in [0.2, 0.25) is 5.02 Å². The molecule has 7 nitrogen and oxygen atoms in total. The molecule has 0 fully saturated rings. The number of nitro groups is 1. The highest BCUT2D eigenvalue weighted by atomic mass is 35.5. The number of non-ortho nitro benzene ring substituents is 1. The van der Waals surface area contributed by atoms with E-state index in [2.05, 4.69) is 0 Å². The second kappa shape index (κ2) is 6.40. The third-order valence-electron chi connectivity index (χ3n) is 2.95. The molecule has 8 heteroatoms. The lowest BCUT2D eigenvalue weighted by molar-refractivity contribution is -0.384. The Hall–Kier alpha value is -2.67. The summed E-state index contributed by atoms with van der Waals surface area (Å²) in [5, 5.41) is 10.7. The fourth-order valence-corrected chi connectivity index (χ4v) is 1.90. The van der Waals surface area contributed by atoms with Gasteiger partial charge in [0.25, 0.3) is 11.2 Å². The predicted octanol–water partition coefficient (Wildman–Crippen LogP) is 2.30. The number of carbonyl (C=O) groups excluding carboxylic acids is 1. The molecular formula is C14H11ClN2O5. The number of esters is 1. The number of rotatable bonds is 4. The van der Waals surface area contributed by atoms with Crippen molar-refractivity contribution in [2.24, 2.45) is 7.05 Å². The van der Waals surface area contributed by atoms with Crippen LogP contribution in [-0.4, -0.2) is 15.5 Å². The third kappa shape index (κ3) is 3.50. The van der Waals surface area contributed by atoms with Gasteiger partial charge in [0.05, 0.1) is 15.5 Å². The van der Waals surface area contributed by atoms with Gasteiger partial charge < -0.3 is 9.30 Å². The monoisotopic (exact) mass is 322 g/mol. The number of hydrogen-bond donors (Lipinski definition) is 0. The van der Waals surface area contributed by atoms with E-state index in [1.54, 1.807) is 7.05 Å². The van der Waals surface area contributed by atoms with Gasteiger partial charge in [-0.3, -0.25) is 14.9 Å². The van der Waals surface area contributed by atoms with Crippen LogP contribution in [0.25, 0.3) is 0 Å². The first-order valence-electron chi connectivity index (χ1n) is 6.15. The van der Waals surface area contributed by atoms with Gasteiger partial charge in [-0.25, -0.2) is 4.79 Å². The second-order valence-corrected chi connectivity index (χ2v) is 4.88. The Bertz CT molecular complexity index is 800. The van der Waals surface area contributed by atoms with Crippen LogP contribution in [0.1, 0.15) is 15.9 Å². The first-order chi connectivity index (χ1) is 10.4. The lowest BCUT2D eigenvalue weighted by atomic mass is 10.2. The number of hydrogen-bond acceptors (Lipinski definition) is 5. The Balaban J connectivity index is 2.09. The zero-order valence-electron chi connectivity index (χ0n) is 11.5. The van der Waals surface area contributed by atoms with E-state index in [0.29, 0.717) is 5.56 Å². The van der Waals surface area contributed by atoms with Crippen LogP contribution in [0.15, 0.2) is 41.3 Å². The maximum atomic E-state index is 11.8. The van der Waals surface area contributed by atoms with E-state index in [-0.39, 0.29) is 28.4 Å². The molecule has 22 heavy (non-hydrogen) atoms. The van der Waals surface area contributed by atoms with Crippen LogP contribution in [0.3, 0.4) is 0 Å². The minimum Gasteiger partial charge on any atom is -0.457 e. The molecule has 1 aromatic carbocycles. The summed E-state index contributed by atoms with van der Waals surface area (Å²) in [6, 6.07) is 6.50. The summed E-state index contributed by atoms with van der Waals surface area (Å²) < 4.78 is 6.37. The minimum atomic E-state index is -0.674. The molecule has 1 aromatic heterocycles. The second-order valence-electron chi connectivity index (χ2n) is 4.47. The molecule has 1 heterocycles. The summed E-state index contributed by atoms with van der Waals surface area (Å²) in [6.45, 7) is -0.148. The van der Waals surface area contributed by atoms with Crippen LogP contribution >= 0.6 is 11.6 Å². The smallest absolute Gasteiger partial charge is 0.338 e. The van der Waals surface area contributed by atoms with Crippen LogP contribution < -0.4 is 5.56 Å². The van der Waals surface area contributed by atoms with Crippen molar-refractivity contribution < 1.29 is 14.5 Å². The van der Waals surface area contributed by atoms with Gasteiger partial charge in [0, 0.05) is 37.0 Å². The molecule has 0 N–H and O–H groups in total. The molecule has 0 aliphatic rings. The van der Waals surface area contributed by atoms with Gasteiger partial charge in [0.15, 0.2) is 0 Å². The summed E-state index contributed by atoms with van der Waals surface area (Å²) in [4.78, 5) is 33.3. The number of ether oxygens (including phenoxy) is 1. The SMILES string of the molecule is Cn1ccc(C(=O)OCc2ccc([N+](=O)[O-])cc2Cl)cc1=O. The van der Waals surface area contributed by atoms with Crippen LogP contribution in [0.4, 0.5) is 5.69 Å². The first kappa shape index (κ1) is 15.7. The lowest BCUT2D eigenvalue weighted by Gasteiger charge is -2.07. The molecule has 0 saturated carbocycles. The molecule has 2 aromatic rings. The fraction of sp³-hybridized carbons (Fsp3) is 0.143. The normalized spacial score (nSPS) is 10.3. The Morgan fingerprint density at radius 3 is 2.68 bits per heavy atom. The van der Waals surface area contributed by atoms with Gasteiger partial charge in [-0.05, 0) is 12.1 Å². The zero-order valence-corrected chi connectivity index (χ0v) is 12.2. The standard InChI is InChI=1S/C14H11ClN2O5/c1-16-5-4-9(6-13(16)18)14(19)22-8-10-2-3-11(17(20)21)7-12(10)15/h2-7H,8H2,1H3. The number of aromatic nitrogens is 1. The Labute approximate surface area is 129 Å². The number of carbonyl (C=O) groups is 1. The number of nitrogens with zero attached hydrogens (tertiary/aromatic N) is 2.